The van der Waals surface area contributed by atoms with Crippen molar-refractivity contribution in [1.29, 1.82) is 0 Å². The molecule has 0 aromatic heterocycles. The molecule has 0 saturated heterocycles. The predicted molar refractivity (Wildman–Crippen MR) is 65.4 cm³/mol. The quantitative estimate of drug-likeness (QED) is 0.811. The first-order valence-corrected chi connectivity index (χ1v) is 7.40. The smallest absolute Gasteiger partial charge is 0.188 e. The minimum Gasteiger partial charge on any atom is -0.298 e. The Morgan fingerprint density at radius 3 is 2.41 bits per heavy atom. The minimum absolute atomic E-state index is 0.0820. The van der Waals surface area contributed by atoms with E-state index in [9.17, 15) is 13.2 Å². The number of carbonyl (C=O) groups is 1. The van der Waals surface area contributed by atoms with Crippen molar-refractivity contribution in [1.82, 2.24) is 0 Å². The third-order valence-electron chi connectivity index (χ3n) is 3.32. The second-order valence-electron chi connectivity index (χ2n) is 4.61. The second kappa shape index (κ2) is 4.61. The maximum absolute atomic E-state index is 12.4. The molecule has 2 rings (SSSR count). The van der Waals surface area contributed by atoms with Crippen LogP contribution in [0.15, 0.2) is 35.2 Å². The molecule has 0 bridgehead atoms. The Morgan fingerprint density at radius 2 is 1.82 bits per heavy atom. The summed E-state index contributed by atoms with van der Waals surface area (Å²) in [5.74, 6) is -0.214. The topological polar surface area (TPSA) is 51.2 Å². The Bertz CT molecular complexity index is 505. The van der Waals surface area contributed by atoms with E-state index in [-0.39, 0.29) is 16.6 Å². The lowest BCUT2D eigenvalue weighted by Crippen LogP contribution is -2.39. The molecule has 1 saturated carbocycles. The maximum Gasteiger partial charge on any atom is 0.188 e. The van der Waals surface area contributed by atoms with Gasteiger partial charge in [-0.3, -0.25) is 4.79 Å². The summed E-state index contributed by atoms with van der Waals surface area (Å²) in [6.07, 6.45) is 2.00. The zero-order valence-electron chi connectivity index (χ0n) is 9.80. The van der Waals surface area contributed by atoms with Crippen molar-refractivity contribution in [3.63, 3.8) is 0 Å². The summed E-state index contributed by atoms with van der Waals surface area (Å²) in [4.78, 5) is 12.1. The Balaban J connectivity index is 2.41. The first-order valence-electron chi connectivity index (χ1n) is 5.85. The molecule has 0 spiro atoms. The van der Waals surface area contributed by atoms with E-state index < -0.39 is 15.1 Å². The average molecular weight is 252 g/mol. The van der Waals surface area contributed by atoms with E-state index in [1.165, 1.54) is 0 Å². The molecule has 4 heteroatoms. The Kier molecular flexibility index (Phi) is 3.33. The highest BCUT2D eigenvalue weighted by atomic mass is 32.2. The number of ketones is 1. The summed E-state index contributed by atoms with van der Waals surface area (Å²) >= 11 is 0. The van der Waals surface area contributed by atoms with Crippen LogP contribution in [0.2, 0.25) is 0 Å². The van der Waals surface area contributed by atoms with Crippen molar-refractivity contribution >= 4 is 15.6 Å². The van der Waals surface area contributed by atoms with Gasteiger partial charge in [-0.2, -0.15) is 0 Å². The lowest BCUT2D eigenvalue weighted by molar-refractivity contribution is -0.120. The third-order valence-corrected chi connectivity index (χ3v) is 5.65. The summed E-state index contributed by atoms with van der Waals surface area (Å²) < 4.78 is 24.8. The summed E-state index contributed by atoms with van der Waals surface area (Å²) in [5, 5.41) is -0.848. The first-order chi connectivity index (χ1) is 8.03. The molecule has 3 nitrogen and oxygen atoms in total. The number of Topliss-reactive ketones (excluding diaryl/α,β-unsaturated/α-hetero) is 1. The highest BCUT2D eigenvalue weighted by Gasteiger charge is 2.39. The predicted octanol–water partition coefficient (Wildman–Crippen LogP) is 2.22. The normalized spacial score (nSPS) is 25.8. The van der Waals surface area contributed by atoms with Gasteiger partial charge in [-0.1, -0.05) is 25.1 Å². The lowest BCUT2D eigenvalue weighted by atomic mass is 9.89. The zero-order chi connectivity index (χ0) is 12.5. The van der Waals surface area contributed by atoms with Crippen LogP contribution in [0.4, 0.5) is 0 Å². The largest absolute Gasteiger partial charge is 0.298 e. The fraction of sp³-hybridized carbons (Fsp3) is 0.462. The number of benzene rings is 1. The van der Waals surface area contributed by atoms with Crippen LogP contribution >= 0.6 is 0 Å². The molecule has 1 aromatic carbocycles. The van der Waals surface area contributed by atoms with Gasteiger partial charge in [0.2, 0.25) is 0 Å². The van der Waals surface area contributed by atoms with Gasteiger partial charge in [0.05, 0.1) is 4.90 Å². The second-order valence-corrected chi connectivity index (χ2v) is 6.68. The van der Waals surface area contributed by atoms with Gasteiger partial charge in [0.15, 0.2) is 15.6 Å². The van der Waals surface area contributed by atoms with Crippen LogP contribution in [0.5, 0.6) is 0 Å². The summed E-state index contributed by atoms with van der Waals surface area (Å²) in [6.45, 7) is 1.85. The van der Waals surface area contributed by atoms with E-state index in [1.54, 1.807) is 30.3 Å². The Labute approximate surface area is 102 Å². The fourth-order valence-corrected chi connectivity index (χ4v) is 4.49. The summed E-state index contributed by atoms with van der Waals surface area (Å²) in [6, 6.07) is 8.26. The van der Waals surface area contributed by atoms with E-state index >= 15 is 0 Å². The zero-order valence-corrected chi connectivity index (χ0v) is 10.6. The van der Waals surface area contributed by atoms with Gasteiger partial charge in [-0.25, -0.2) is 8.42 Å². The van der Waals surface area contributed by atoms with Crippen LogP contribution in [0.1, 0.15) is 26.2 Å². The molecule has 1 aliphatic carbocycles. The minimum atomic E-state index is -3.51. The van der Waals surface area contributed by atoms with Crippen molar-refractivity contribution in [3.8, 4) is 0 Å². The summed E-state index contributed by atoms with van der Waals surface area (Å²) in [7, 11) is -3.51. The van der Waals surface area contributed by atoms with Crippen LogP contribution in [0.3, 0.4) is 0 Å². The number of carbonyl (C=O) groups excluding carboxylic acids is 1. The van der Waals surface area contributed by atoms with Gasteiger partial charge in [-0.05, 0) is 30.9 Å². The SMILES string of the molecule is C[C@H]1CCCC(=O)[C@@H]1S(=O)(=O)c1ccccc1. The van der Waals surface area contributed by atoms with E-state index in [1.807, 2.05) is 6.92 Å². The molecule has 0 N–H and O–H groups in total. The average Bonchev–Trinajstić information content (AvgIpc) is 2.29. The molecule has 0 aliphatic heterocycles. The van der Waals surface area contributed by atoms with Crippen LogP contribution in [-0.4, -0.2) is 19.5 Å². The van der Waals surface area contributed by atoms with Crippen molar-refractivity contribution in [2.45, 2.75) is 36.3 Å². The molecule has 17 heavy (non-hydrogen) atoms. The molecule has 0 unspecified atom stereocenters. The van der Waals surface area contributed by atoms with E-state index in [4.69, 9.17) is 0 Å². The van der Waals surface area contributed by atoms with Crippen molar-refractivity contribution in [2.75, 3.05) is 0 Å². The van der Waals surface area contributed by atoms with E-state index in [2.05, 4.69) is 0 Å². The highest BCUT2D eigenvalue weighted by molar-refractivity contribution is 7.92. The molecule has 0 radical (unpaired) electrons. The molecule has 0 heterocycles. The van der Waals surface area contributed by atoms with Crippen LogP contribution in [0.25, 0.3) is 0 Å². The van der Waals surface area contributed by atoms with Crippen molar-refractivity contribution < 1.29 is 13.2 Å². The van der Waals surface area contributed by atoms with Gasteiger partial charge in [0.1, 0.15) is 5.25 Å². The molecule has 1 aliphatic rings. The van der Waals surface area contributed by atoms with Gasteiger partial charge >= 0.3 is 0 Å². The number of sulfone groups is 1. The molecule has 2 atom stereocenters. The molecular weight excluding hydrogens is 236 g/mol. The summed E-state index contributed by atoms with van der Waals surface area (Å²) in [5.41, 5.74) is 0. The molecule has 92 valence electrons. The standard InChI is InChI=1S/C13H16O3S/c1-10-6-5-9-12(14)13(10)17(15,16)11-7-3-2-4-8-11/h2-4,7-8,10,13H,5-6,9H2,1H3/t10-,13+/m0/s1. The van der Waals surface area contributed by atoms with Crippen LogP contribution in [0, 0.1) is 5.92 Å². The van der Waals surface area contributed by atoms with Gasteiger partial charge in [0, 0.05) is 6.42 Å². The molecule has 0 amide bonds. The molecular formula is C13H16O3S. The fourth-order valence-electron chi connectivity index (χ4n) is 2.44. The van der Waals surface area contributed by atoms with Crippen molar-refractivity contribution in [2.24, 2.45) is 5.92 Å². The Hall–Kier alpha value is -1.16. The number of hydrogen-bond donors (Lipinski definition) is 0. The maximum atomic E-state index is 12.4. The van der Waals surface area contributed by atoms with Crippen LogP contribution < -0.4 is 0 Å². The highest BCUT2D eigenvalue weighted by Crippen LogP contribution is 2.30. The van der Waals surface area contributed by atoms with Gasteiger partial charge < -0.3 is 0 Å². The van der Waals surface area contributed by atoms with Crippen molar-refractivity contribution in [3.05, 3.63) is 30.3 Å². The van der Waals surface area contributed by atoms with E-state index in [0.717, 1.165) is 12.8 Å². The third kappa shape index (κ3) is 2.27. The lowest BCUT2D eigenvalue weighted by Gasteiger charge is -2.27. The first kappa shape index (κ1) is 12.3. The van der Waals surface area contributed by atoms with Crippen LogP contribution in [-0.2, 0) is 14.6 Å². The monoisotopic (exact) mass is 252 g/mol. The van der Waals surface area contributed by atoms with Gasteiger partial charge in [-0.15, -0.1) is 0 Å². The molecule has 1 fully saturated rings. The molecule has 1 aromatic rings. The number of rotatable bonds is 2. The Morgan fingerprint density at radius 1 is 1.18 bits per heavy atom. The number of hydrogen-bond acceptors (Lipinski definition) is 3. The van der Waals surface area contributed by atoms with Gasteiger partial charge in [0.25, 0.3) is 0 Å². The van der Waals surface area contributed by atoms with E-state index in [0.29, 0.717) is 6.42 Å².